The maximum atomic E-state index is 12.6. The molecule has 3 amide bonds. The largest absolute Gasteiger partial charge is 0.494 e. The van der Waals surface area contributed by atoms with Gasteiger partial charge in [-0.05, 0) is 67.9 Å². The van der Waals surface area contributed by atoms with Gasteiger partial charge in [0.1, 0.15) is 11.5 Å². The van der Waals surface area contributed by atoms with Crippen LogP contribution in [0, 0.1) is 12.8 Å². The minimum Gasteiger partial charge on any atom is -0.494 e. The molecule has 1 aliphatic rings. The molecule has 1 heterocycles. The Bertz CT molecular complexity index is 1220. The molecular formula is C29H31N3O5. The standard InChI is InChI=1S/C29H31N3O5/c1-3-36-25-12-8-23(9-13-25)31-27(33)19-37-26-14-10-24(11-15-26)32-18-22(16-28(32)34)29(35)30-17-21-6-4-20(2)5-7-21/h4-15,22H,3,16-19H2,1-2H3,(H,30,35)(H,31,33)/t22-/m0/s1. The normalized spacial score (nSPS) is 14.8. The highest BCUT2D eigenvalue weighted by atomic mass is 16.5. The number of nitrogens with one attached hydrogen (secondary N) is 2. The molecule has 3 aromatic rings. The number of aryl methyl sites for hydroxylation is 1. The summed E-state index contributed by atoms with van der Waals surface area (Å²) in [6.07, 6.45) is 0.170. The molecular weight excluding hydrogens is 470 g/mol. The van der Waals surface area contributed by atoms with Crippen LogP contribution in [0.15, 0.2) is 72.8 Å². The van der Waals surface area contributed by atoms with Crippen LogP contribution < -0.4 is 25.0 Å². The third kappa shape index (κ3) is 7.10. The van der Waals surface area contributed by atoms with E-state index in [0.717, 1.165) is 16.9 Å². The number of rotatable bonds is 10. The first-order valence-corrected chi connectivity index (χ1v) is 12.3. The van der Waals surface area contributed by atoms with Crippen LogP contribution in [-0.4, -0.2) is 37.5 Å². The van der Waals surface area contributed by atoms with Crippen molar-refractivity contribution in [1.29, 1.82) is 0 Å². The summed E-state index contributed by atoms with van der Waals surface area (Å²) >= 11 is 0. The van der Waals surface area contributed by atoms with Gasteiger partial charge < -0.3 is 25.0 Å². The number of ether oxygens (including phenoxy) is 2. The van der Waals surface area contributed by atoms with Gasteiger partial charge in [0, 0.05) is 30.9 Å². The van der Waals surface area contributed by atoms with Crippen LogP contribution in [0.25, 0.3) is 0 Å². The Labute approximate surface area is 216 Å². The molecule has 1 aliphatic heterocycles. The minimum atomic E-state index is -0.403. The Kier molecular flexibility index (Phi) is 8.40. The molecule has 1 atom stereocenters. The molecule has 3 aromatic carbocycles. The van der Waals surface area contributed by atoms with E-state index in [9.17, 15) is 14.4 Å². The van der Waals surface area contributed by atoms with Gasteiger partial charge >= 0.3 is 0 Å². The quantitative estimate of drug-likeness (QED) is 0.436. The van der Waals surface area contributed by atoms with Gasteiger partial charge in [-0.1, -0.05) is 29.8 Å². The molecule has 4 rings (SSSR count). The fourth-order valence-electron chi connectivity index (χ4n) is 4.04. The second-order valence-corrected chi connectivity index (χ2v) is 8.90. The van der Waals surface area contributed by atoms with Crippen LogP contribution >= 0.6 is 0 Å². The first-order valence-electron chi connectivity index (χ1n) is 12.3. The second kappa shape index (κ2) is 12.1. The number of hydrogen-bond acceptors (Lipinski definition) is 5. The van der Waals surface area contributed by atoms with Crippen LogP contribution in [0.4, 0.5) is 11.4 Å². The van der Waals surface area contributed by atoms with Crippen molar-refractivity contribution in [2.45, 2.75) is 26.8 Å². The molecule has 2 N–H and O–H groups in total. The van der Waals surface area contributed by atoms with Crippen molar-refractivity contribution < 1.29 is 23.9 Å². The van der Waals surface area contributed by atoms with Gasteiger partial charge in [0.05, 0.1) is 12.5 Å². The molecule has 0 bridgehead atoms. The first-order chi connectivity index (χ1) is 17.9. The Morgan fingerprint density at radius 3 is 2.24 bits per heavy atom. The molecule has 0 saturated carbocycles. The van der Waals surface area contributed by atoms with E-state index in [2.05, 4.69) is 10.6 Å². The number of carbonyl (C=O) groups is 3. The van der Waals surface area contributed by atoms with E-state index in [1.165, 1.54) is 0 Å². The second-order valence-electron chi connectivity index (χ2n) is 8.90. The Morgan fingerprint density at radius 1 is 0.919 bits per heavy atom. The van der Waals surface area contributed by atoms with Crippen molar-refractivity contribution in [2.75, 3.05) is 30.0 Å². The average Bonchev–Trinajstić information content (AvgIpc) is 3.30. The molecule has 1 saturated heterocycles. The lowest BCUT2D eigenvalue weighted by atomic mass is 10.1. The monoisotopic (exact) mass is 501 g/mol. The maximum absolute atomic E-state index is 12.6. The predicted molar refractivity (Wildman–Crippen MR) is 142 cm³/mol. The van der Waals surface area contributed by atoms with Crippen molar-refractivity contribution in [1.82, 2.24) is 5.32 Å². The summed E-state index contributed by atoms with van der Waals surface area (Å²) in [5.41, 5.74) is 3.52. The van der Waals surface area contributed by atoms with Crippen LogP contribution in [0.3, 0.4) is 0 Å². The summed E-state index contributed by atoms with van der Waals surface area (Å²) in [7, 11) is 0. The van der Waals surface area contributed by atoms with Gasteiger partial charge in [-0.25, -0.2) is 0 Å². The summed E-state index contributed by atoms with van der Waals surface area (Å²) in [6, 6.07) is 22.0. The molecule has 0 radical (unpaired) electrons. The molecule has 0 aromatic heterocycles. The predicted octanol–water partition coefficient (Wildman–Crippen LogP) is 4.08. The van der Waals surface area contributed by atoms with E-state index >= 15 is 0 Å². The number of benzene rings is 3. The molecule has 0 spiro atoms. The Morgan fingerprint density at radius 2 is 1.57 bits per heavy atom. The highest BCUT2D eigenvalue weighted by Gasteiger charge is 2.35. The van der Waals surface area contributed by atoms with Crippen molar-refractivity contribution >= 4 is 29.1 Å². The van der Waals surface area contributed by atoms with Gasteiger partial charge in [0.2, 0.25) is 11.8 Å². The zero-order valence-electron chi connectivity index (χ0n) is 21.0. The van der Waals surface area contributed by atoms with Crippen molar-refractivity contribution in [3.63, 3.8) is 0 Å². The maximum Gasteiger partial charge on any atom is 0.262 e. The molecule has 192 valence electrons. The lowest BCUT2D eigenvalue weighted by Crippen LogP contribution is -2.32. The Hall–Kier alpha value is -4.33. The van der Waals surface area contributed by atoms with E-state index < -0.39 is 5.92 Å². The molecule has 8 heteroatoms. The third-order valence-corrected chi connectivity index (χ3v) is 6.05. The summed E-state index contributed by atoms with van der Waals surface area (Å²) in [6.45, 7) is 5.10. The number of anilines is 2. The van der Waals surface area contributed by atoms with Gasteiger partial charge in [-0.3, -0.25) is 14.4 Å². The van der Waals surface area contributed by atoms with E-state index in [-0.39, 0.29) is 30.7 Å². The van der Waals surface area contributed by atoms with E-state index in [0.29, 0.717) is 36.8 Å². The summed E-state index contributed by atoms with van der Waals surface area (Å²) in [5, 5.41) is 5.70. The SMILES string of the molecule is CCOc1ccc(NC(=O)COc2ccc(N3C[C@@H](C(=O)NCc4ccc(C)cc4)CC3=O)cc2)cc1. The van der Waals surface area contributed by atoms with Gasteiger partial charge in [-0.2, -0.15) is 0 Å². The zero-order valence-corrected chi connectivity index (χ0v) is 21.0. The Balaban J connectivity index is 1.24. The minimum absolute atomic E-state index is 0.0983. The fourth-order valence-corrected chi connectivity index (χ4v) is 4.04. The first kappa shape index (κ1) is 25.8. The molecule has 1 fully saturated rings. The third-order valence-electron chi connectivity index (χ3n) is 6.05. The van der Waals surface area contributed by atoms with Gasteiger partial charge in [0.25, 0.3) is 5.91 Å². The average molecular weight is 502 g/mol. The fraction of sp³-hybridized carbons (Fsp3) is 0.276. The summed E-state index contributed by atoms with van der Waals surface area (Å²) < 4.78 is 11.0. The topological polar surface area (TPSA) is 97.0 Å². The van der Waals surface area contributed by atoms with Crippen molar-refractivity contribution in [3.8, 4) is 11.5 Å². The van der Waals surface area contributed by atoms with Crippen LogP contribution in [0.1, 0.15) is 24.5 Å². The summed E-state index contributed by atoms with van der Waals surface area (Å²) in [5.74, 6) is 0.323. The van der Waals surface area contributed by atoms with Crippen LogP contribution in [-0.2, 0) is 20.9 Å². The zero-order chi connectivity index (χ0) is 26.2. The summed E-state index contributed by atoms with van der Waals surface area (Å²) in [4.78, 5) is 39.0. The van der Waals surface area contributed by atoms with Crippen molar-refractivity contribution in [2.24, 2.45) is 5.92 Å². The van der Waals surface area contributed by atoms with E-state index in [1.54, 1.807) is 53.4 Å². The lowest BCUT2D eigenvalue weighted by molar-refractivity contribution is -0.126. The molecule has 0 aliphatic carbocycles. The number of nitrogens with zero attached hydrogens (tertiary/aromatic N) is 1. The number of amides is 3. The van der Waals surface area contributed by atoms with E-state index in [4.69, 9.17) is 9.47 Å². The highest BCUT2D eigenvalue weighted by molar-refractivity contribution is 6.00. The van der Waals surface area contributed by atoms with Gasteiger partial charge in [-0.15, -0.1) is 0 Å². The number of carbonyl (C=O) groups excluding carboxylic acids is 3. The van der Waals surface area contributed by atoms with E-state index in [1.807, 2.05) is 38.1 Å². The van der Waals surface area contributed by atoms with Crippen LogP contribution in [0.5, 0.6) is 11.5 Å². The number of hydrogen-bond donors (Lipinski definition) is 2. The van der Waals surface area contributed by atoms with Crippen LogP contribution in [0.2, 0.25) is 0 Å². The molecule has 0 unspecified atom stereocenters. The van der Waals surface area contributed by atoms with Crippen molar-refractivity contribution in [3.05, 3.63) is 83.9 Å². The lowest BCUT2D eigenvalue weighted by Gasteiger charge is -2.17. The highest BCUT2D eigenvalue weighted by Crippen LogP contribution is 2.27. The smallest absolute Gasteiger partial charge is 0.262 e. The van der Waals surface area contributed by atoms with Gasteiger partial charge in [0.15, 0.2) is 6.61 Å². The molecule has 8 nitrogen and oxygen atoms in total. The molecule has 37 heavy (non-hydrogen) atoms.